The molecule has 170 valence electrons. The molecule has 6 nitrogen and oxygen atoms in total. The van der Waals surface area contributed by atoms with Gasteiger partial charge >= 0.3 is 0 Å². The molecule has 4 N–H and O–H groups in total. The van der Waals surface area contributed by atoms with Gasteiger partial charge in [-0.2, -0.15) is 0 Å². The van der Waals surface area contributed by atoms with Gasteiger partial charge < -0.3 is 30.3 Å². The van der Waals surface area contributed by atoms with Crippen molar-refractivity contribution in [3.8, 4) is 11.5 Å². The largest absolute Gasteiger partial charge is 0.491 e. The summed E-state index contributed by atoms with van der Waals surface area (Å²) in [4.78, 5) is 0. The van der Waals surface area contributed by atoms with Crippen LogP contribution >= 0.6 is 0 Å². The van der Waals surface area contributed by atoms with Crippen LogP contribution in [0.5, 0.6) is 11.5 Å². The standard InChI is InChI=1S/C26H32N2O4/c1-19-5-3-7-21(13-19)27-15-23(29)17-31-25-9-11-26(12-10-25)32-18-24(30)16-28-22-8-4-6-20(2)14-22/h3-14,23-24,27-30H,15-18H2,1-2H3/t23-,24-/m1/s1. The number of aryl methyl sites for hydroxylation is 2. The predicted octanol–water partition coefficient (Wildman–Crippen LogP) is 4.01. The van der Waals surface area contributed by atoms with Crippen LogP contribution in [-0.2, 0) is 0 Å². The number of ether oxygens (including phenoxy) is 2. The lowest BCUT2D eigenvalue weighted by atomic mass is 10.2. The minimum Gasteiger partial charge on any atom is -0.491 e. The number of anilines is 2. The smallest absolute Gasteiger partial charge is 0.119 e. The number of hydrogen-bond acceptors (Lipinski definition) is 6. The lowest BCUT2D eigenvalue weighted by Gasteiger charge is -2.16. The van der Waals surface area contributed by atoms with Crippen LogP contribution in [-0.4, -0.2) is 48.7 Å². The molecule has 0 aliphatic heterocycles. The van der Waals surface area contributed by atoms with Crippen molar-refractivity contribution in [1.29, 1.82) is 0 Å². The van der Waals surface area contributed by atoms with Gasteiger partial charge in [0.25, 0.3) is 0 Å². The van der Waals surface area contributed by atoms with E-state index < -0.39 is 12.2 Å². The molecular formula is C26H32N2O4. The molecule has 0 aromatic heterocycles. The number of benzene rings is 3. The van der Waals surface area contributed by atoms with E-state index in [1.807, 2.05) is 62.4 Å². The van der Waals surface area contributed by atoms with E-state index in [2.05, 4.69) is 10.6 Å². The van der Waals surface area contributed by atoms with Crippen molar-refractivity contribution < 1.29 is 19.7 Å². The van der Waals surface area contributed by atoms with Crippen LogP contribution in [0.15, 0.2) is 72.8 Å². The van der Waals surface area contributed by atoms with Crippen LogP contribution in [0.2, 0.25) is 0 Å². The van der Waals surface area contributed by atoms with Gasteiger partial charge in [-0.3, -0.25) is 0 Å². The number of aliphatic hydroxyl groups excluding tert-OH is 2. The first kappa shape index (κ1) is 23.4. The molecular weight excluding hydrogens is 404 g/mol. The van der Waals surface area contributed by atoms with E-state index in [9.17, 15) is 10.2 Å². The van der Waals surface area contributed by atoms with Crippen LogP contribution in [0, 0.1) is 13.8 Å². The summed E-state index contributed by atoms with van der Waals surface area (Å²) in [5.74, 6) is 1.29. The molecule has 3 aromatic rings. The zero-order chi connectivity index (χ0) is 22.8. The Morgan fingerprint density at radius 1 is 0.656 bits per heavy atom. The molecule has 0 unspecified atom stereocenters. The molecule has 0 amide bonds. The van der Waals surface area contributed by atoms with Crippen molar-refractivity contribution in [2.45, 2.75) is 26.1 Å². The lowest BCUT2D eigenvalue weighted by molar-refractivity contribution is 0.115. The maximum absolute atomic E-state index is 10.1. The van der Waals surface area contributed by atoms with Gasteiger partial charge in [0.15, 0.2) is 0 Å². The van der Waals surface area contributed by atoms with Crippen molar-refractivity contribution in [1.82, 2.24) is 0 Å². The Balaban J connectivity index is 1.34. The van der Waals surface area contributed by atoms with Gasteiger partial charge in [0.05, 0.1) is 0 Å². The van der Waals surface area contributed by atoms with Gasteiger partial charge in [0.2, 0.25) is 0 Å². The SMILES string of the molecule is Cc1cccc(NC[C@@H](O)COc2ccc(OC[C@H](O)CNc3cccc(C)c3)cc2)c1. The van der Waals surface area contributed by atoms with Crippen molar-refractivity contribution in [3.63, 3.8) is 0 Å². The van der Waals surface area contributed by atoms with Crippen LogP contribution in [0.25, 0.3) is 0 Å². The second-order valence-corrected chi connectivity index (χ2v) is 7.90. The summed E-state index contributed by atoms with van der Waals surface area (Å²) >= 11 is 0. The lowest BCUT2D eigenvalue weighted by Crippen LogP contribution is -2.26. The molecule has 0 aliphatic rings. The third-order valence-electron chi connectivity index (χ3n) is 4.83. The summed E-state index contributed by atoms with van der Waals surface area (Å²) in [6.07, 6.45) is -1.27. The van der Waals surface area contributed by atoms with Gasteiger partial charge in [-0.05, 0) is 73.5 Å². The zero-order valence-electron chi connectivity index (χ0n) is 18.6. The average Bonchev–Trinajstić information content (AvgIpc) is 2.79. The maximum atomic E-state index is 10.1. The molecule has 0 saturated carbocycles. The summed E-state index contributed by atoms with van der Waals surface area (Å²) in [6.45, 7) is 5.23. The summed E-state index contributed by atoms with van der Waals surface area (Å²) < 4.78 is 11.3. The van der Waals surface area contributed by atoms with Gasteiger partial charge in [-0.1, -0.05) is 24.3 Å². The molecule has 3 rings (SSSR count). The first-order valence-corrected chi connectivity index (χ1v) is 10.8. The molecule has 0 spiro atoms. The summed E-state index contributed by atoms with van der Waals surface area (Å²) in [5.41, 5.74) is 4.28. The highest BCUT2D eigenvalue weighted by atomic mass is 16.5. The Morgan fingerprint density at radius 3 is 1.44 bits per heavy atom. The average molecular weight is 437 g/mol. The number of aliphatic hydroxyl groups is 2. The molecule has 0 heterocycles. The monoisotopic (exact) mass is 436 g/mol. The van der Waals surface area contributed by atoms with Gasteiger partial charge in [-0.25, -0.2) is 0 Å². The summed E-state index contributed by atoms with van der Waals surface area (Å²) in [6, 6.07) is 23.1. The fraction of sp³-hybridized carbons (Fsp3) is 0.308. The first-order chi connectivity index (χ1) is 15.5. The molecule has 0 bridgehead atoms. The van der Waals surface area contributed by atoms with Crippen molar-refractivity contribution >= 4 is 11.4 Å². The van der Waals surface area contributed by atoms with E-state index in [4.69, 9.17) is 9.47 Å². The second-order valence-electron chi connectivity index (χ2n) is 7.90. The van der Waals surface area contributed by atoms with E-state index in [-0.39, 0.29) is 13.2 Å². The number of hydrogen-bond donors (Lipinski definition) is 4. The molecule has 3 aromatic carbocycles. The normalized spacial score (nSPS) is 12.6. The predicted molar refractivity (Wildman–Crippen MR) is 129 cm³/mol. The Morgan fingerprint density at radius 2 is 1.06 bits per heavy atom. The van der Waals surface area contributed by atoms with E-state index in [1.165, 1.54) is 0 Å². The minimum atomic E-state index is -0.637. The molecule has 2 atom stereocenters. The molecule has 0 aliphatic carbocycles. The van der Waals surface area contributed by atoms with Gasteiger partial charge in [0.1, 0.15) is 36.9 Å². The Hall–Kier alpha value is -3.22. The third kappa shape index (κ3) is 8.13. The van der Waals surface area contributed by atoms with Crippen molar-refractivity contribution in [3.05, 3.63) is 83.9 Å². The zero-order valence-corrected chi connectivity index (χ0v) is 18.6. The highest BCUT2D eigenvalue weighted by molar-refractivity contribution is 5.46. The Kier molecular flexibility index (Phi) is 8.78. The van der Waals surface area contributed by atoms with Gasteiger partial charge in [-0.15, -0.1) is 0 Å². The van der Waals surface area contributed by atoms with E-state index >= 15 is 0 Å². The summed E-state index contributed by atoms with van der Waals surface area (Å²) in [7, 11) is 0. The molecule has 0 saturated heterocycles. The van der Waals surface area contributed by atoms with Crippen LogP contribution in [0.4, 0.5) is 11.4 Å². The second kappa shape index (κ2) is 12.0. The fourth-order valence-electron chi connectivity index (χ4n) is 3.12. The molecule has 0 radical (unpaired) electrons. The quantitative estimate of drug-likeness (QED) is 0.343. The molecule has 32 heavy (non-hydrogen) atoms. The van der Waals surface area contributed by atoms with Crippen LogP contribution in [0.3, 0.4) is 0 Å². The number of nitrogens with one attached hydrogen (secondary N) is 2. The van der Waals surface area contributed by atoms with E-state index in [0.717, 1.165) is 22.5 Å². The van der Waals surface area contributed by atoms with Crippen LogP contribution in [0.1, 0.15) is 11.1 Å². The minimum absolute atomic E-state index is 0.183. The Labute approximate surface area is 189 Å². The topological polar surface area (TPSA) is 83.0 Å². The fourth-order valence-corrected chi connectivity index (χ4v) is 3.12. The number of rotatable bonds is 12. The van der Waals surface area contributed by atoms with Gasteiger partial charge in [0, 0.05) is 24.5 Å². The molecule has 6 heteroatoms. The highest BCUT2D eigenvalue weighted by Crippen LogP contribution is 2.18. The van der Waals surface area contributed by atoms with Crippen molar-refractivity contribution in [2.75, 3.05) is 36.9 Å². The van der Waals surface area contributed by atoms with Crippen LogP contribution < -0.4 is 20.1 Å². The first-order valence-electron chi connectivity index (χ1n) is 10.8. The van der Waals surface area contributed by atoms with E-state index in [0.29, 0.717) is 24.6 Å². The molecule has 0 fully saturated rings. The van der Waals surface area contributed by atoms with Crippen molar-refractivity contribution in [2.24, 2.45) is 0 Å². The Bertz CT molecular complexity index is 884. The third-order valence-corrected chi connectivity index (χ3v) is 4.83. The highest BCUT2D eigenvalue weighted by Gasteiger charge is 2.08. The van der Waals surface area contributed by atoms with E-state index in [1.54, 1.807) is 24.3 Å². The maximum Gasteiger partial charge on any atom is 0.119 e. The summed E-state index contributed by atoms with van der Waals surface area (Å²) in [5, 5.41) is 26.7.